The third kappa shape index (κ3) is 1.95. The van der Waals surface area contributed by atoms with Gasteiger partial charge in [-0.15, -0.1) is 0 Å². The van der Waals surface area contributed by atoms with E-state index in [1.807, 2.05) is 20.8 Å². The number of phenols is 1. The Kier molecular flexibility index (Phi) is 2.81. The molecule has 102 valence electrons. The second kappa shape index (κ2) is 3.98. The smallest absolute Gasteiger partial charge is 0.273 e. The van der Waals surface area contributed by atoms with Crippen molar-refractivity contribution in [3.63, 3.8) is 0 Å². The zero-order valence-corrected chi connectivity index (χ0v) is 11.8. The molecule has 5 heteroatoms. The van der Waals surface area contributed by atoms with Crippen LogP contribution in [0, 0.1) is 6.92 Å². The van der Waals surface area contributed by atoms with Crippen LogP contribution in [0.1, 0.15) is 26.3 Å². The number of aryl methyl sites for hydroxylation is 1. The first-order valence-corrected chi connectivity index (χ1v) is 6.10. The van der Waals surface area contributed by atoms with Crippen molar-refractivity contribution >= 4 is 10.8 Å². The summed E-state index contributed by atoms with van der Waals surface area (Å²) < 4.78 is 2.74. The number of aromatic nitrogens is 2. The Hall–Kier alpha value is -2.04. The van der Waals surface area contributed by atoms with Crippen molar-refractivity contribution in [2.75, 3.05) is 0 Å². The predicted molar refractivity (Wildman–Crippen MR) is 74.8 cm³/mol. The summed E-state index contributed by atoms with van der Waals surface area (Å²) in [6, 6.07) is 2.93. The minimum atomic E-state index is -0.495. The summed E-state index contributed by atoms with van der Waals surface area (Å²) in [6.07, 6.45) is 0. The van der Waals surface area contributed by atoms with E-state index < -0.39 is 5.54 Å². The van der Waals surface area contributed by atoms with Crippen LogP contribution < -0.4 is 11.1 Å². The van der Waals surface area contributed by atoms with Crippen molar-refractivity contribution in [3.05, 3.63) is 38.4 Å². The minimum Gasteiger partial charge on any atom is -0.508 e. The second-order valence-corrected chi connectivity index (χ2v) is 5.80. The topological polar surface area (TPSA) is 64.2 Å². The summed E-state index contributed by atoms with van der Waals surface area (Å²) in [5.41, 5.74) is -0.434. The highest BCUT2D eigenvalue weighted by molar-refractivity contribution is 5.83. The van der Waals surface area contributed by atoms with E-state index in [1.54, 1.807) is 20.0 Å². The molecule has 1 heterocycles. The third-order valence-electron chi connectivity index (χ3n) is 3.22. The van der Waals surface area contributed by atoms with Crippen molar-refractivity contribution in [1.82, 2.24) is 9.36 Å². The van der Waals surface area contributed by atoms with Crippen molar-refractivity contribution in [1.29, 1.82) is 0 Å². The highest BCUT2D eigenvalue weighted by Crippen LogP contribution is 2.21. The molecule has 0 aliphatic heterocycles. The summed E-state index contributed by atoms with van der Waals surface area (Å²) in [5, 5.41) is 10.3. The summed E-state index contributed by atoms with van der Waals surface area (Å²) >= 11 is 0. The molecular formula is C14H18N2O3. The van der Waals surface area contributed by atoms with Crippen molar-refractivity contribution in [2.24, 2.45) is 7.05 Å². The van der Waals surface area contributed by atoms with Crippen LogP contribution in [0.15, 0.2) is 21.7 Å². The van der Waals surface area contributed by atoms with E-state index in [4.69, 9.17) is 0 Å². The quantitative estimate of drug-likeness (QED) is 0.782. The lowest BCUT2D eigenvalue weighted by atomic mass is 10.1. The van der Waals surface area contributed by atoms with Crippen LogP contribution in [-0.4, -0.2) is 14.5 Å². The number of nitrogens with zero attached hydrogens (tertiary/aromatic N) is 2. The molecule has 0 unspecified atom stereocenters. The van der Waals surface area contributed by atoms with Gasteiger partial charge in [0.15, 0.2) is 0 Å². The van der Waals surface area contributed by atoms with Gasteiger partial charge >= 0.3 is 0 Å². The molecular weight excluding hydrogens is 244 g/mol. The Morgan fingerprint density at radius 2 is 1.58 bits per heavy atom. The molecule has 19 heavy (non-hydrogen) atoms. The number of aromatic hydroxyl groups is 1. The molecule has 0 saturated carbocycles. The normalized spacial score (nSPS) is 12.1. The van der Waals surface area contributed by atoms with E-state index in [0.29, 0.717) is 10.9 Å². The lowest BCUT2D eigenvalue weighted by Gasteiger charge is -2.25. The van der Waals surface area contributed by atoms with E-state index in [1.165, 1.54) is 15.4 Å². The molecule has 0 radical (unpaired) electrons. The Morgan fingerprint density at radius 1 is 1.05 bits per heavy atom. The van der Waals surface area contributed by atoms with Crippen molar-refractivity contribution in [2.45, 2.75) is 33.2 Å². The van der Waals surface area contributed by atoms with Crippen LogP contribution in [0.4, 0.5) is 0 Å². The maximum atomic E-state index is 12.5. The van der Waals surface area contributed by atoms with Gasteiger partial charge in [0.05, 0.1) is 16.3 Å². The summed E-state index contributed by atoms with van der Waals surface area (Å²) in [7, 11) is 1.56. The van der Waals surface area contributed by atoms with Crippen molar-refractivity contribution in [3.8, 4) is 5.75 Å². The molecule has 5 nitrogen and oxygen atoms in total. The first kappa shape index (κ1) is 13.4. The average molecular weight is 262 g/mol. The fraction of sp³-hybridized carbons (Fsp3) is 0.429. The molecule has 1 N–H and O–H groups in total. The monoisotopic (exact) mass is 262 g/mol. The maximum Gasteiger partial charge on any atom is 0.273 e. The van der Waals surface area contributed by atoms with E-state index in [-0.39, 0.29) is 22.3 Å². The van der Waals surface area contributed by atoms with Crippen LogP contribution >= 0.6 is 0 Å². The van der Waals surface area contributed by atoms with Gasteiger partial charge in [-0.05, 0) is 45.4 Å². The number of fused-ring (bicyclic) bond motifs is 1. The molecule has 1 aromatic carbocycles. The molecule has 0 amide bonds. The molecule has 0 atom stereocenters. The number of benzene rings is 1. The van der Waals surface area contributed by atoms with Gasteiger partial charge in [0.25, 0.3) is 11.1 Å². The molecule has 1 aromatic heterocycles. The zero-order chi connectivity index (χ0) is 14.5. The Morgan fingerprint density at radius 3 is 2.11 bits per heavy atom. The SMILES string of the molecule is Cc1cc2c(=O)n(C(C)(C)C)n(C)c(=O)c2cc1O. The highest BCUT2D eigenvalue weighted by atomic mass is 16.3. The van der Waals surface area contributed by atoms with Gasteiger partial charge < -0.3 is 5.11 Å². The number of hydrogen-bond acceptors (Lipinski definition) is 3. The molecule has 0 bridgehead atoms. The van der Waals surface area contributed by atoms with Gasteiger partial charge in [0.2, 0.25) is 0 Å². The zero-order valence-electron chi connectivity index (χ0n) is 11.8. The first-order valence-electron chi connectivity index (χ1n) is 6.10. The standard InChI is InChI=1S/C14H18N2O3/c1-8-6-9-10(7-11(8)17)12(18)15(5)16(13(9)19)14(2,3)4/h6-7,17H,1-5H3. The van der Waals surface area contributed by atoms with Crippen LogP contribution in [-0.2, 0) is 12.6 Å². The average Bonchev–Trinajstić information content (AvgIpc) is 2.27. The van der Waals surface area contributed by atoms with Crippen LogP contribution in [0.25, 0.3) is 10.8 Å². The van der Waals surface area contributed by atoms with Crippen LogP contribution in [0.2, 0.25) is 0 Å². The summed E-state index contributed by atoms with van der Waals surface area (Å²) in [5.74, 6) is 0.0255. The van der Waals surface area contributed by atoms with Gasteiger partial charge in [-0.2, -0.15) is 0 Å². The summed E-state index contributed by atoms with van der Waals surface area (Å²) in [6.45, 7) is 7.31. The van der Waals surface area contributed by atoms with Gasteiger partial charge in [0, 0.05) is 7.05 Å². The van der Waals surface area contributed by atoms with Gasteiger partial charge in [-0.3, -0.25) is 9.59 Å². The molecule has 0 saturated heterocycles. The molecule has 0 aliphatic carbocycles. The molecule has 0 spiro atoms. The second-order valence-electron chi connectivity index (χ2n) is 5.80. The van der Waals surface area contributed by atoms with Gasteiger partial charge in [-0.25, -0.2) is 9.36 Å². The Bertz CT molecular complexity index is 776. The minimum absolute atomic E-state index is 0.0255. The molecule has 2 rings (SSSR count). The maximum absolute atomic E-state index is 12.5. The van der Waals surface area contributed by atoms with Gasteiger partial charge in [0.1, 0.15) is 5.75 Å². The van der Waals surface area contributed by atoms with E-state index in [9.17, 15) is 14.7 Å². The lowest BCUT2D eigenvalue weighted by molar-refractivity contribution is 0.290. The lowest BCUT2D eigenvalue weighted by Crippen LogP contribution is -2.45. The van der Waals surface area contributed by atoms with E-state index in [0.717, 1.165) is 0 Å². The largest absolute Gasteiger partial charge is 0.508 e. The summed E-state index contributed by atoms with van der Waals surface area (Å²) in [4.78, 5) is 24.8. The molecule has 0 fully saturated rings. The highest BCUT2D eigenvalue weighted by Gasteiger charge is 2.21. The number of phenolic OH excluding ortho intramolecular Hbond substituents is 1. The van der Waals surface area contributed by atoms with E-state index >= 15 is 0 Å². The fourth-order valence-electron chi connectivity index (χ4n) is 2.32. The van der Waals surface area contributed by atoms with Crippen LogP contribution in [0.3, 0.4) is 0 Å². The predicted octanol–water partition coefficient (Wildman–Crippen LogP) is 1.47. The van der Waals surface area contributed by atoms with Crippen LogP contribution in [0.5, 0.6) is 5.75 Å². The Balaban J connectivity index is 3.11. The first-order chi connectivity index (χ1) is 8.64. The van der Waals surface area contributed by atoms with Crippen molar-refractivity contribution < 1.29 is 5.11 Å². The fourth-order valence-corrected chi connectivity index (χ4v) is 2.32. The third-order valence-corrected chi connectivity index (χ3v) is 3.22. The number of hydrogen-bond donors (Lipinski definition) is 1. The Labute approximate surface area is 110 Å². The number of rotatable bonds is 0. The molecule has 2 aromatic rings. The van der Waals surface area contributed by atoms with E-state index in [2.05, 4.69) is 0 Å². The molecule has 0 aliphatic rings. The van der Waals surface area contributed by atoms with Gasteiger partial charge in [-0.1, -0.05) is 0 Å².